The van der Waals surface area contributed by atoms with E-state index < -0.39 is 0 Å². The highest BCUT2D eigenvalue weighted by atomic mass is 79.9. The van der Waals surface area contributed by atoms with Crippen LogP contribution in [0.2, 0.25) is 0 Å². The zero-order chi connectivity index (χ0) is 8.74. The molecule has 0 saturated heterocycles. The van der Waals surface area contributed by atoms with Crippen LogP contribution in [0.3, 0.4) is 0 Å². The zero-order valence-electron chi connectivity index (χ0n) is 5.73. The summed E-state index contributed by atoms with van der Waals surface area (Å²) in [5, 5.41) is 2.43. The smallest absolute Gasteiger partial charge is 0.294 e. The summed E-state index contributed by atoms with van der Waals surface area (Å²) < 4.78 is 14.8. The second kappa shape index (κ2) is 6.96. The van der Waals surface area contributed by atoms with Crippen molar-refractivity contribution in [3.63, 3.8) is 0 Å². The Morgan fingerprint density at radius 3 is 1.91 bits per heavy atom. The van der Waals surface area contributed by atoms with Crippen LogP contribution in [-0.2, 0) is 9.09 Å². The summed E-state index contributed by atoms with van der Waals surface area (Å²) in [4.78, 5) is 0. The number of rotatable bonds is 6. The topological polar surface area (TPSA) is 26.3 Å². The van der Waals surface area contributed by atoms with Crippen molar-refractivity contribution in [3.05, 3.63) is 0 Å². The monoisotopic (exact) mass is 368 g/mol. The van der Waals surface area contributed by atoms with Crippen molar-refractivity contribution in [1.29, 1.82) is 0 Å². The molecule has 0 saturated carbocycles. The molecule has 0 aromatic heterocycles. The normalized spacial score (nSPS) is 12.3. The van der Waals surface area contributed by atoms with Gasteiger partial charge in [0.1, 0.15) is 0 Å². The minimum absolute atomic E-state index is 0.00257. The molecule has 0 N–H and O–H groups in total. The van der Waals surface area contributed by atoms with E-state index in [0.29, 0.717) is 6.61 Å². The van der Waals surface area contributed by atoms with E-state index in [-0.39, 0.29) is 14.1 Å². The van der Waals surface area contributed by atoms with Gasteiger partial charge >= 0.3 is 8.69 Å². The van der Waals surface area contributed by atoms with E-state index in [0.717, 1.165) is 16.0 Å². The van der Waals surface area contributed by atoms with Crippen molar-refractivity contribution in [2.75, 3.05) is 22.6 Å². The van der Waals surface area contributed by atoms with Crippen molar-refractivity contribution >= 4 is 56.5 Å². The Kier molecular flexibility index (Phi) is 7.91. The van der Waals surface area contributed by atoms with E-state index in [9.17, 15) is 4.57 Å². The van der Waals surface area contributed by atoms with Crippen LogP contribution in [0.25, 0.3) is 0 Å². The highest BCUT2D eigenvalue weighted by Crippen LogP contribution is 2.27. The third kappa shape index (κ3) is 4.32. The summed E-state index contributed by atoms with van der Waals surface area (Å²) in [6.07, 6.45) is 0. The quantitative estimate of drug-likeness (QED) is 0.529. The Morgan fingerprint density at radius 2 is 1.64 bits per heavy atom. The van der Waals surface area contributed by atoms with Gasteiger partial charge in [-0.25, -0.2) is 4.57 Å². The van der Waals surface area contributed by atoms with Crippen molar-refractivity contribution in [2.45, 2.75) is 0 Å². The van der Waals surface area contributed by atoms with Crippen molar-refractivity contribution < 1.29 is 9.09 Å². The Morgan fingerprint density at radius 1 is 1.18 bits per heavy atom. The highest BCUT2D eigenvalue weighted by molar-refractivity contribution is 9.10. The van der Waals surface area contributed by atoms with Crippen LogP contribution >= 0.6 is 56.5 Å². The van der Waals surface area contributed by atoms with Crippen LogP contribution in [0, 0.1) is 5.41 Å². The number of halogens is 3. The van der Waals surface area contributed by atoms with Gasteiger partial charge in [0.25, 0.3) is 0 Å². The minimum Gasteiger partial charge on any atom is -0.294 e. The maximum atomic E-state index is 10.0. The lowest BCUT2D eigenvalue weighted by molar-refractivity contribution is 0.231. The third-order valence-electron chi connectivity index (χ3n) is 1.27. The summed E-state index contributed by atoms with van der Waals surface area (Å²) >= 11 is 10.1. The van der Waals surface area contributed by atoms with Gasteiger partial charge in [-0.1, -0.05) is 47.8 Å². The molecular weight excluding hydrogens is 363 g/mol. The van der Waals surface area contributed by atoms with Gasteiger partial charge in [0.05, 0.1) is 6.61 Å². The molecule has 0 radical (unpaired) electrons. The van der Waals surface area contributed by atoms with E-state index in [1.54, 1.807) is 0 Å². The predicted molar refractivity (Wildman–Crippen MR) is 57.4 cm³/mol. The fourth-order valence-electron chi connectivity index (χ4n) is 0.386. The Labute approximate surface area is 93.1 Å². The highest BCUT2D eigenvalue weighted by Gasteiger charge is 2.27. The lowest BCUT2D eigenvalue weighted by atomic mass is 9.98. The predicted octanol–water partition coefficient (Wildman–Crippen LogP) is 3.38. The van der Waals surface area contributed by atoms with Crippen molar-refractivity contribution in [2.24, 2.45) is 5.41 Å². The number of hydrogen-bond acceptors (Lipinski definition) is 2. The van der Waals surface area contributed by atoms with Gasteiger partial charge in [-0.15, -0.1) is 0 Å². The molecule has 0 aromatic carbocycles. The summed E-state index contributed by atoms with van der Waals surface area (Å²) in [6, 6.07) is 0. The van der Waals surface area contributed by atoms with E-state index >= 15 is 0 Å². The molecule has 0 heterocycles. The Bertz CT molecular complexity index is 110. The van der Waals surface area contributed by atoms with Gasteiger partial charge < -0.3 is 0 Å². The summed E-state index contributed by atoms with van der Waals surface area (Å²) in [5.74, 6) is 0. The van der Waals surface area contributed by atoms with E-state index in [4.69, 9.17) is 4.52 Å². The fraction of sp³-hybridized carbons (Fsp3) is 1.00. The second-order valence-corrected chi connectivity index (χ2v) is 4.34. The first kappa shape index (κ1) is 12.5. The molecule has 0 unspecified atom stereocenters. The van der Waals surface area contributed by atoms with Gasteiger partial charge in [-0.05, 0) is 0 Å². The largest absolute Gasteiger partial charge is 0.327 e. The number of hydrogen-bond donors (Lipinski definition) is 0. The van der Waals surface area contributed by atoms with Crippen LogP contribution in [0.1, 0.15) is 0 Å². The molecule has 0 aliphatic carbocycles. The molecule has 0 aliphatic heterocycles. The van der Waals surface area contributed by atoms with Crippen molar-refractivity contribution in [1.82, 2.24) is 0 Å². The first-order chi connectivity index (χ1) is 5.24. The van der Waals surface area contributed by atoms with E-state index in [1.165, 1.54) is 0 Å². The average Bonchev–Trinajstić information content (AvgIpc) is 2.08. The molecule has 66 valence electrons. The van der Waals surface area contributed by atoms with Crippen LogP contribution in [0.5, 0.6) is 0 Å². The molecule has 0 rings (SSSR count). The summed E-state index contributed by atoms with van der Waals surface area (Å²) in [5.41, 5.74) is -0.00257. The molecule has 0 atom stereocenters. The maximum absolute atomic E-state index is 10.0. The van der Waals surface area contributed by atoms with Gasteiger partial charge in [-0.2, -0.15) is 0 Å². The standard InChI is InChI=1S/C5H8Br3O2P/c6-1-5(2-7,3-8)4-10-11-9/h1-4H2. The molecular formula is C5H8Br3O2P. The SMILES string of the molecule is O=POCC(CBr)(CBr)CBr. The molecule has 6 heteroatoms. The molecule has 0 spiro atoms. The Hall–Kier alpha value is 1.50. The van der Waals surface area contributed by atoms with Gasteiger partial charge in [0.15, 0.2) is 0 Å². The lowest BCUT2D eigenvalue weighted by Crippen LogP contribution is -2.31. The average molecular weight is 371 g/mol. The van der Waals surface area contributed by atoms with E-state index in [2.05, 4.69) is 47.8 Å². The first-order valence-electron chi connectivity index (χ1n) is 2.87. The molecule has 0 amide bonds. The number of alkyl halides is 3. The summed E-state index contributed by atoms with van der Waals surface area (Å²) in [6.45, 7) is 0.472. The van der Waals surface area contributed by atoms with Gasteiger partial charge in [0, 0.05) is 21.4 Å². The van der Waals surface area contributed by atoms with Gasteiger partial charge in [0.2, 0.25) is 0 Å². The molecule has 0 aromatic rings. The van der Waals surface area contributed by atoms with Crippen LogP contribution < -0.4 is 0 Å². The molecule has 0 fully saturated rings. The summed E-state index contributed by atoms with van der Waals surface area (Å²) in [7, 11) is -0.255. The molecule has 2 nitrogen and oxygen atoms in total. The Balaban J connectivity index is 3.93. The molecule has 11 heavy (non-hydrogen) atoms. The first-order valence-corrected chi connectivity index (χ1v) is 6.96. The minimum atomic E-state index is -0.255. The van der Waals surface area contributed by atoms with E-state index in [1.807, 2.05) is 0 Å². The molecule has 0 bridgehead atoms. The van der Waals surface area contributed by atoms with Crippen LogP contribution in [0.4, 0.5) is 0 Å². The maximum Gasteiger partial charge on any atom is 0.327 e. The van der Waals surface area contributed by atoms with Crippen LogP contribution in [-0.4, -0.2) is 22.6 Å². The second-order valence-electron chi connectivity index (χ2n) is 2.25. The zero-order valence-corrected chi connectivity index (χ0v) is 11.4. The van der Waals surface area contributed by atoms with Crippen LogP contribution in [0.15, 0.2) is 0 Å². The van der Waals surface area contributed by atoms with Crippen molar-refractivity contribution in [3.8, 4) is 0 Å². The molecule has 0 aliphatic rings. The van der Waals surface area contributed by atoms with Gasteiger partial charge in [-0.3, -0.25) is 4.52 Å². The fourth-order valence-corrected chi connectivity index (χ4v) is 3.98. The lowest BCUT2D eigenvalue weighted by Gasteiger charge is -2.25. The third-order valence-corrected chi connectivity index (χ3v) is 5.08.